The number of H-pyrrole nitrogens is 1. The summed E-state index contributed by atoms with van der Waals surface area (Å²) in [5.74, 6) is 1.67. The van der Waals surface area contributed by atoms with Gasteiger partial charge in [0.15, 0.2) is 11.5 Å². The Morgan fingerprint density at radius 1 is 0.966 bits per heavy atom. The first-order chi connectivity index (χ1) is 14.0. The van der Waals surface area contributed by atoms with Gasteiger partial charge < -0.3 is 19.5 Å². The number of benzene rings is 2. The summed E-state index contributed by atoms with van der Waals surface area (Å²) in [5, 5.41) is 10.3. The summed E-state index contributed by atoms with van der Waals surface area (Å²) >= 11 is 0. The van der Waals surface area contributed by atoms with Gasteiger partial charge in [0.1, 0.15) is 5.75 Å². The second-order valence-corrected chi connectivity index (χ2v) is 6.54. The molecule has 0 radical (unpaired) electrons. The third kappa shape index (κ3) is 4.68. The van der Waals surface area contributed by atoms with Gasteiger partial charge in [-0.05, 0) is 55.7 Å². The quantitative estimate of drug-likeness (QED) is 0.606. The number of amides is 1. The lowest BCUT2D eigenvalue weighted by atomic mass is 10.1. The molecule has 2 aromatic carbocycles. The van der Waals surface area contributed by atoms with Crippen molar-refractivity contribution in [3.05, 3.63) is 65.0 Å². The van der Waals surface area contributed by atoms with Crippen LogP contribution in [0.4, 0.5) is 5.69 Å². The van der Waals surface area contributed by atoms with Gasteiger partial charge in [-0.3, -0.25) is 9.89 Å². The monoisotopic (exact) mass is 395 g/mol. The van der Waals surface area contributed by atoms with E-state index >= 15 is 0 Å². The molecule has 0 bridgehead atoms. The van der Waals surface area contributed by atoms with Crippen LogP contribution >= 0.6 is 0 Å². The molecule has 0 saturated heterocycles. The van der Waals surface area contributed by atoms with Crippen molar-refractivity contribution in [3.8, 4) is 17.2 Å². The predicted octanol–water partition coefficient (Wildman–Crippen LogP) is 3.78. The van der Waals surface area contributed by atoms with E-state index in [-0.39, 0.29) is 5.91 Å². The Morgan fingerprint density at radius 3 is 2.34 bits per heavy atom. The van der Waals surface area contributed by atoms with Crippen molar-refractivity contribution in [2.24, 2.45) is 0 Å². The third-order valence-corrected chi connectivity index (χ3v) is 4.72. The highest BCUT2D eigenvalue weighted by molar-refractivity contribution is 6.05. The van der Waals surface area contributed by atoms with Crippen molar-refractivity contribution in [1.82, 2.24) is 10.2 Å². The molecule has 29 heavy (non-hydrogen) atoms. The van der Waals surface area contributed by atoms with E-state index in [1.165, 1.54) is 12.7 Å². The smallest absolute Gasteiger partial charge is 0.255 e. The number of nitrogens with one attached hydrogen (secondary N) is 2. The highest BCUT2D eigenvalue weighted by atomic mass is 16.5. The summed E-state index contributed by atoms with van der Waals surface area (Å²) in [7, 11) is 4.74. The molecular formula is C22H25N3O4. The van der Waals surface area contributed by atoms with E-state index < -0.39 is 0 Å². The van der Waals surface area contributed by atoms with E-state index in [1.807, 2.05) is 31.2 Å². The van der Waals surface area contributed by atoms with Gasteiger partial charge in [0, 0.05) is 5.56 Å². The number of methoxy groups -OCH3 is 3. The van der Waals surface area contributed by atoms with Crippen molar-refractivity contribution in [2.45, 2.75) is 19.8 Å². The molecule has 1 heterocycles. The van der Waals surface area contributed by atoms with Crippen LogP contribution in [0.3, 0.4) is 0 Å². The van der Waals surface area contributed by atoms with Crippen molar-refractivity contribution in [1.29, 1.82) is 0 Å². The Bertz CT molecular complexity index is 980. The third-order valence-electron chi connectivity index (χ3n) is 4.72. The first-order valence-electron chi connectivity index (χ1n) is 9.25. The average Bonchev–Trinajstić information content (AvgIpc) is 3.11. The number of aromatic nitrogens is 2. The van der Waals surface area contributed by atoms with E-state index in [0.717, 1.165) is 23.6 Å². The van der Waals surface area contributed by atoms with Crippen molar-refractivity contribution in [3.63, 3.8) is 0 Å². The zero-order chi connectivity index (χ0) is 20.8. The fourth-order valence-corrected chi connectivity index (χ4v) is 3.04. The van der Waals surface area contributed by atoms with Crippen LogP contribution in [0.5, 0.6) is 17.2 Å². The number of hydrogen-bond donors (Lipinski definition) is 2. The molecule has 0 spiro atoms. The molecule has 2 N–H and O–H groups in total. The minimum Gasteiger partial charge on any atom is -0.497 e. The number of carbonyl (C=O) groups is 1. The maximum Gasteiger partial charge on any atom is 0.255 e. The van der Waals surface area contributed by atoms with E-state index in [4.69, 9.17) is 14.2 Å². The van der Waals surface area contributed by atoms with Gasteiger partial charge in [-0.25, -0.2) is 0 Å². The van der Waals surface area contributed by atoms with Crippen molar-refractivity contribution < 1.29 is 19.0 Å². The fraction of sp³-hybridized carbons (Fsp3) is 0.273. The van der Waals surface area contributed by atoms with Crippen LogP contribution in [0.25, 0.3) is 0 Å². The first-order valence-corrected chi connectivity index (χ1v) is 9.25. The number of nitrogens with zero attached hydrogens (tertiary/aromatic N) is 1. The van der Waals surface area contributed by atoms with Crippen molar-refractivity contribution in [2.75, 3.05) is 26.6 Å². The molecule has 1 aromatic heterocycles. The van der Waals surface area contributed by atoms with E-state index in [9.17, 15) is 4.79 Å². The summed E-state index contributed by atoms with van der Waals surface area (Å²) in [5.41, 5.74) is 3.97. The van der Waals surface area contributed by atoms with Gasteiger partial charge in [-0.2, -0.15) is 5.10 Å². The standard InChI is InChI=1S/C22H25N3O4/c1-14-21(23-22(26)16-8-12-19(28-3)20(13-16)29-4)18(25-24-14)11-7-15-5-9-17(27-2)10-6-15/h5-6,8-10,12-13H,7,11H2,1-4H3,(H,23,26)(H,24,25). The number of carbonyl (C=O) groups excluding carboxylic acids is 1. The van der Waals surface area contributed by atoms with Gasteiger partial charge >= 0.3 is 0 Å². The minimum absolute atomic E-state index is 0.235. The van der Waals surface area contributed by atoms with Crippen LogP contribution in [0.2, 0.25) is 0 Å². The molecular weight excluding hydrogens is 370 g/mol. The first kappa shape index (κ1) is 20.3. The molecule has 1 amide bonds. The molecule has 7 nitrogen and oxygen atoms in total. The maximum absolute atomic E-state index is 12.8. The Morgan fingerprint density at radius 2 is 1.69 bits per heavy atom. The summed E-state index contributed by atoms with van der Waals surface area (Å²) in [6, 6.07) is 13.0. The second kappa shape index (κ2) is 9.14. The normalized spacial score (nSPS) is 10.5. The highest BCUT2D eigenvalue weighted by Gasteiger charge is 2.16. The van der Waals surface area contributed by atoms with Gasteiger partial charge in [-0.1, -0.05) is 12.1 Å². The van der Waals surface area contributed by atoms with Crippen LogP contribution in [-0.4, -0.2) is 37.4 Å². The maximum atomic E-state index is 12.8. The molecule has 0 aliphatic carbocycles. The number of aromatic amines is 1. The number of hydrogen-bond acceptors (Lipinski definition) is 5. The van der Waals surface area contributed by atoms with Gasteiger partial charge in [-0.15, -0.1) is 0 Å². The Hall–Kier alpha value is -3.48. The molecule has 0 fully saturated rings. The van der Waals surface area contributed by atoms with Crippen LogP contribution in [0.15, 0.2) is 42.5 Å². The average molecular weight is 395 g/mol. The topological polar surface area (TPSA) is 85.5 Å². The molecule has 0 unspecified atom stereocenters. The largest absolute Gasteiger partial charge is 0.497 e. The second-order valence-electron chi connectivity index (χ2n) is 6.54. The SMILES string of the molecule is COc1ccc(CCc2n[nH]c(C)c2NC(=O)c2ccc(OC)c(OC)c2)cc1. The number of anilines is 1. The Labute approximate surface area is 170 Å². The molecule has 152 valence electrons. The minimum atomic E-state index is -0.235. The van der Waals surface area contributed by atoms with Crippen LogP contribution in [0, 0.1) is 6.92 Å². The Kier molecular flexibility index (Phi) is 6.39. The highest BCUT2D eigenvalue weighted by Crippen LogP contribution is 2.28. The van der Waals surface area contributed by atoms with Crippen molar-refractivity contribution >= 4 is 11.6 Å². The summed E-state index contributed by atoms with van der Waals surface area (Å²) in [6.07, 6.45) is 1.49. The molecule has 7 heteroatoms. The summed E-state index contributed by atoms with van der Waals surface area (Å²) in [4.78, 5) is 12.8. The van der Waals surface area contributed by atoms with E-state index in [1.54, 1.807) is 32.4 Å². The molecule has 0 aliphatic heterocycles. The summed E-state index contributed by atoms with van der Waals surface area (Å²) < 4.78 is 15.7. The lowest BCUT2D eigenvalue weighted by Crippen LogP contribution is -2.14. The zero-order valence-corrected chi connectivity index (χ0v) is 17.0. The Balaban J connectivity index is 1.72. The van der Waals surface area contributed by atoms with Gasteiger partial charge in [0.05, 0.1) is 38.4 Å². The number of ether oxygens (including phenoxy) is 3. The van der Waals surface area contributed by atoms with Crippen LogP contribution in [-0.2, 0) is 12.8 Å². The van der Waals surface area contributed by atoms with Crippen LogP contribution in [0.1, 0.15) is 27.3 Å². The zero-order valence-electron chi connectivity index (χ0n) is 17.0. The van der Waals surface area contributed by atoms with Gasteiger partial charge in [0.25, 0.3) is 5.91 Å². The number of aryl methyl sites for hydroxylation is 3. The summed E-state index contributed by atoms with van der Waals surface area (Å²) in [6.45, 7) is 1.88. The molecule has 3 aromatic rings. The molecule has 0 saturated carbocycles. The predicted molar refractivity (Wildman–Crippen MR) is 111 cm³/mol. The fourth-order valence-electron chi connectivity index (χ4n) is 3.04. The van der Waals surface area contributed by atoms with E-state index in [0.29, 0.717) is 29.2 Å². The van der Waals surface area contributed by atoms with Gasteiger partial charge in [0.2, 0.25) is 0 Å². The molecule has 0 atom stereocenters. The lowest BCUT2D eigenvalue weighted by molar-refractivity contribution is 0.102. The molecule has 3 rings (SSSR count). The lowest BCUT2D eigenvalue weighted by Gasteiger charge is -2.11. The molecule has 0 aliphatic rings. The number of rotatable bonds is 8. The van der Waals surface area contributed by atoms with Crippen LogP contribution < -0.4 is 19.5 Å². The van der Waals surface area contributed by atoms with E-state index in [2.05, 4.69) is 15.5 Å².